The minimum atomic E-state index is 0.382. The van der Waals surface area contributed by atoms with Gasteiger partial charge in [0.1, 0.15) is 0 Å². The largest absolute Gasteiger partial charge is 0.379 e. The number of ether oxygens (including phenoxy) is 2. The molecule has 3 fully saturated rings. The summed E-state index contributed by atoms with van der Waals surface area (Å²) in [5, 5.41) is 0. The topological polar surface area (TPSA) is 18.5 Å². The first-order chi connectivity index (χ1) is 7.31. The van der Waals surface area contributed by atoms with Gasteiger partial charge in [0, 0.05) is 16.8 Å². The fourth-order valence-corrected chi connectivity index (χ4v) is 4.50. The molecule has 3 heteroatoms. The van der Waals surface area contributed by atoms with Crippen LogP contribution in [-0.4, -0.2) is 30.2 Å². The second kappa shape index (κ2) is 4.01. The zero-order chi connectivity index (χ0) is 10.3. The van der Waals surface area contributed by atoms with Crippen molar-refractivity contribution in [3.63, 3.8) is 0 Å². The van der Waals surface area contributed by atoms with Crippen LogP contribution in [0.2, 0.25) is 0 Å². The minimum absolute atomic E-state index is 0.382. The summed E-state index contributed by atoms with van der Waals surface area (Å²) in [4.78, 5) is 0.708. The number of rotatable bonds is 2. The minimum Gasteiger partial charge on any atom is -0.379 e. The molecular weight excluding hydrogens is 256 g/mol. The molecule has 2 saturated carbocycles. The maximum absolute atomic E-state index is 6.20. The SMILES string of the molecule is BrC1CC(OC2CCOC2)C12CCCC2. The molecule has 0 amide bonds. The fourth-order valence-electron chi connectivity index (χ4n) is 3.41. The molecule has 0 bridgehead atoms. The molecule has 3 aliphatic rings. The number of halogens is 1. The van der Waals surface area contributed by atoms with E-state index in [1.807, 2.05) is 0 Å². The van der Waals surface area contributed by atoms with Gasteiger partial charge in [-0.1, -0.05) is 28.8 Å². The summed E-state index contributed by atoms with van der Waals surface area (Å²) >= 11 is 3.82. The summed E-state index contributed by atoms with van der Waals surface area (Å²) in [6.45, 7) is 1.71. The lowest BCUT2D eigenvalue weighted by molar-refractivity contribution is -0.133. The summed E-state index contributed by atoms with van der Waals surface area (Å²) in [6.07, 6.45) is 8.70. The Hall–Kier alpha value is 0.400. The predicted octanol–water partition coefficient (Wildman–Crippen LogP) is 2.89. The first kappa shape index (κ1) is 10.5. The quantitative estimate of drug-likeness (QED) is 0.721. The highest BCUT2D eigenvalue weighted by Gasteiger charge is 2.56. The lowest BCUT2D eigenvalue weighted by Crippen LogP contribution is -2.55. The third-order valence-corrected chi connectivity index (χ3v) is 5.75. The molecule has 86 valence electrons. The molecule has 0 N–H and O–H groups in total. The second-order valence-electron chi connectivity index (χ2n) is 5.25. The van der Waals surface area contributed by atoms with Crippen molar-refractivity contribution >= 4 is 15.9 Å². The molecule has 3 rings (SSSR count). The van der Waals surface area contributed by atoms with Crippen LogP contribution >= 0.6 is 15.9 Å². The van der Waals surface area contributed by atoms with E-state index in [9.17, 15) is 0 Å². The van der Waals surface area contributed by atoms with Gasteiger partial charge in [0.2, 0.25) is 0 Å². The van der Waals surface area contributed by atoms with Crippen molar-refractivity contribution < 1.29 is 9.47 Å². The van der Waals surface area contributed by atoms with Crippen LogP contribution in [-0.2, 0) is 9.47 Å². The Kier molecular flexibility index (Phi) is 2.82. The summed E-state index contributed by atoms with van der Waals surface area (Å²) in [7, 11) is 0. The van der Waals surface area contributed by atoms with E-state index < -0.39 is 0 Å². The molecule has 3 unspecified atom stereocenters. The van der Waals surface area contributed by atoms with Crippen LogP contribution in [0.5, 0.6) is 0 Å². The van der Waals surface area contributed by atoms with Crippen molar-refractivity contribution in [3.05, 3.63) is 0 Å². The molecule has 0 aromatic carbocycles. The lowest BCUT2D eigenvalue weighted by atomic mass is 9.64. The van der Waals surface area contributed by atoms with E-state index in [4.69, 9.17) is 9.47 Å². The molecule has 2 nitrogen and oxygen atoms in total. The Bertz CT molecular complexity index is 232. The van der Waals surface area contributed by atoms with Crippen LogP contribution in [0.3, 0.4) is 0 Å². The number of alkyl halides is 1. The Morgan fingerprint density at radius 2 is 2.07 bits per heavy atom. The molecule has 1 aliphatic heterocycles. The van der Waals surface area contributed by atoms with E-state index in [-0.39, 0.29) is 0 Å². The zero-order valence-corrected chi connectivity index (χ0v) is 10.7. The Morgan fingerprint density at radius 1 is 1.27 bits per heavy atom. The third kappa shape index (κ3) is 1.67. The van der Waals surface area contributed by atoms with Crippen molar-refractivity contribution in [2.45, 2.75) is 55.6 Å². The number of hydrogen-bond donors (Lipinski definition) is 0. The van der Waals surface area contributed by atoms with Gasteiger partial charge >= 0.3 is 0 Å². The smallest absolute Gasteiger partial charge is 0.0834 e. The molecule has 1 saturated heterocycles. The van der Waals surface area contributed by atoms with Crippen LogP contribution in [0.15, 0.2) is 0 Å². The van der Waals surface area contributed by atoms with E-state index in [2.05, 4.69) is 15.9 Å². The Labute approximate surface area is 99.8 Å². The summed E-state index contributed by atoms with van der Waals surface area (Å²) in [5.74, 6) is 0. The van der Waals surface area contributed by atoms with Gasteiger partial charge in [-0.15, -0.1) is 0 Å². The van der Waals surface area contributed by atoms with Crippen LogP contribution in [0.4, 0.5) is 0 Å². The molecule has 0 radical (unpaired) electrons. The Morgan fingerprint density at radius 3 is 2.67 bits per heavy atom. The molecule has 1 spiro atoms. The highest BCUT2D eigenvalue weighted by molar-refractivity contribution is 9.09. The van der Waals surface area contributed by atoms with E-state index in [1.54, 1.807) is 0 Å². The standard InChI is InChI=1S/C12H19BrO2/c13-10-7-11(12(10)4-1-2-5-12)15-9-3-6-14-8-9/h9-11H,1-8H2. The maximum atomic E-state index is 6.20. The molecule has 0 aromatic heterocycles. The highest BCUT2D eigenvalue weighted by Crippen LogP contribution is 2.58. The Balaban J connectivity index is 1.62. The van der Waals surface area contributed by atoms with Crippen LogP contribution in [0.1, 0.15) is 38.5 Å². The first-order valence-electron chi connectivity index (χ1n) is 6.18. The molecule has 15 heavy (non-hydrogen) atoms. The monoisotopic (exact) mass is 274 g/mol. The second-order valence-corrected chi connectivity index (χ2v) is 6.36. The van der Waals surface area contributed by atoms with Crippen LogP contribution in [0.25, 0.3) is 0 Å². The van der Waals surface area contributed by atoms with Gasteiger partial charge in [0.15, 0.2) is 0 Å². The van der Waals surface area contributed by atoms with Gasteiger partial charge in [-0.2, -0.15) is 0 Å². The van der Waals surface area contributed by atoms with Crippen molar-refractivity contribution in [3.8, 4) is 0 Å². The lowest BCUT2D eigenvalue weighted by Gasteiger charge is -2.52. The normalized spacial score (nSPS) is 43.4. The van der Waals surface area contributed by atoms with Crippen LogP contribution < -0.4 is 0 Å². The number of hydrogen-bond acceptors (Lipinski definition) is 2. The average molecular weight is 275 g/mol. The van der Waals surface area contributed by atoms with Gasteiger partial charge in [-0.3, -0.25) is 0 Å². The summed E-state index contributed by atoms with van der Waals surface area (Å²) in [6, 6.07) is 0. The zero-order valence-electron chi connectivity index (χ0n) is 9.08. The van der Waals surface area contributed by atoms with E-state index in [0.29, 0.717) is 22.5 Å². The van der Waals surface area contributed by atoms with Crippen molar-refractivity contribution in [2.75, 3.05) is 13.2 Å². The van der Waals surface area contributed by atoms with E-state index in [0.717, 1.165) is 19.6 Å². The van der Waals surface area contributed by atoms with Gasteiger partial charge in [0.25, 0.3) is 0 Å². The first-order valence-corrected chi connectivity index (χ1v) is 7.10. The third-order valence-electron chi connectivity index (χ3n) is 4.47. The summed E-state index contributed by atoms with van der Waals surface area (Å²) < 4.78 is 11.6. The molecule has 3 atom stereocenters. The molecule has 2 aliphatic carbocycles. The van der Waals surface area contributed by atoms with Gasteiger partial charge in [-0.25, -0.2) is 0 Å². The molecular formula is C12H19BrO2. The van der Waals surface area contributed by atoms with Gasteiger partial charge < -0.3 is 9.47 Å². The van der Waals surface area contributed by atoms with Crippen molar-refractivity contribution in [2.24, 2.45) is 5.41 Å². The predicted molar refractivity (Wildman–Crippen MR) is 62.3 cm³/mol. The molecule has 1 heterocycles. The fraction of sp³-hybridized carbons (Fsp3) is 1.00. The maximum Gasteiger partial charge on any atom is 0.0834 e. The average Bonchev–Trinajstić information content (AvgIpc) is 2.89. The van der Waals surface area contributed by atoms with Gasteiger partial charge in [0.05, 0.1) is 18.8 Å². The van der Waals surface area contributed by atoms with Crippen molar-refractivity contribution in [1.29, 1.82) is 0 Å². The summed E-state index contributed by atoms with van der Waals surface area (Å²) in [5.41, 5.74) is 0.489. The van der Waals surface area contributed by atoms with Crippen LogP contribution in [0, 0.1) is 5.41 Å². The van der Waals surface area contributed by atoms with Gasteiger partial charge in [-0.05, 0) is 25.7 Å². The highest BCUT2D eigenvalue weighted by atomic mass is 79.9. The molecule has 0 aromatic rings. The van der Waals surface area contributed by atoms with E-state index in [1.165, 1.54) is 32.1 Å². The van der Waals surface area contributed by atoms with Crippen molar-refractivity contribution in [1.82, 2.24) is 0 Å². The van der Waals surface area contributed by atoms with E-state index >= 15 is 0 Å².